The van der Waals surface area contributed by atoms with Crippen LogP contribution in [0.25, 0.3) is 0 Å². The molecule has 1 saturated heterocycles. The van der Waals surface area contributed by atoms with Gasteiger partial charge in [0.15, 0.2) is 5.13 Å². The van der Waals surface area contributed by atoms with Gasteiger partial charge in [-0.25, -0.2) is 4.98 Å². The van der Waals surface area contributed by atoms with E-state index in [1.54, 1.807) is 25.4 Å². The molecule has 162 valence electrons. The summed E-state index contributed by atoms with van der Waals surface area (Å²) in [6.45, 7) is 8.80. The second-order valence-electron chi connectivity index (χ2n) is 7.88. The number of piperazine rings is 1. The van der Waals surface area contributed by atoms with Crippen LogP contribution in [0.5, 0.6) is 5.75 Å². The van der Waals surface area contributed by atoms with Crippen LogP contribution < -0.4 is 15.0 Å². The molecule has 1 N–H and O–H groups in total. The number of benzene rings is 2. The number of hydrogen-bond donors (Lipinski definition) is 1. The van der Waals surface area contributed by atoms with E-state index in [0.717, 1.165) is 31.9 Å². The summed E-state index contributed by atoms with van der Waals surface area (Å²) in [6, 6.07) is 16.2. The zero-order valence-corrected chi connectivity index (χ0v) is 19.0. The number of nitrogens with one attached hydrogen (secondary N) is 1. The first kappa shape index (κ1) is 21.3. The van der Waals surface area contributed by atoms with Crippen LogP contribution >= 0.6 is 11.3 Å². The van der Waals surface area contributed by atoms with Crippen molar-refractivity contribution in [2.75, 3.05) is 43.5 Å². The standard InChI is InChI=1S/C24H28N4O2S/c1-17(2)27-11-13-28(14-12-27)20-9-7-19(8-10-20)26-24-25-16-22(31-24)23(29)18-5-4-6-21(15-18)30-3/h4-10,15-17H,11-14H2,1-3H3,(H,25,26). The quantitative estimate of drug-likeness (QED) is 0.544. The lowest BCUT2D eigenvalue weighted by molar-refractivity contribution is 0.104. The lowest BCUT2D eigenvalue weighted by Gasteiger charge is -2.38. The molecule has 0 unspecified atom stereocenters. The molecule has 0 aliphatic carbocycles. The topological polar surface area (TPSA) is 57.7 Å². The van der Waals surface area contributed by atoms with Crippen molar-refractivity contribution in [2.24, 2.45) is 0 Å². The van der Waals surface area contributed by atoms with Gasteiger partial charge in [-0.05, 0) is 50.2 Å². The van der Waals surface area contributed by atoms with Gasteiger partial charge in [0.25, 0.3) is 0 Å². The molecule has 2 heterocycles. The number of methoxy groups -OCH3 is 1. The molecule has 2 aromatic carbocycles. The molecule has 4 rings (SSSR count). The molecule has 6 nitrogen and oxygen atoms in total. The minimum atomic E-state index is -0.0552. The first-order valence-corrected chi connectivity index (χ1v) is 11.4. The number of anilines is 3. The molecule has 0 spiro atoms. The maximum Gasteiger partial charge on any atom is 0.204 e. The van der Waals surface area contributed by atoms with E-state index >= 15 is 0 Å². The lowest BCUT2D eigenvalue weighted by Crippen LogP contribution is -2.48. The second kappa shape index (κ2) is 9.49. The average molecular weight is 437 g/mol. The Kier molecular flexibility index (Phi) is 6.53. The highest BCUT2D eigenvalue weighted by Crippen LogP contribution is 2.27. The van der Waals surface area contributed by atoms with Gasteiger partial charge in [-0.2, -0.15) is 0 Å². The van der Waals surface area contributed by atoms with E-state index in [9.17, 15) is 4.79 Å². The Bertz CT molecular complexity index is 1020. The van der Waals surface area contributed by atoms with E-state index in [-0.39, 0.29) is 5.78 Å². The molecular formula is C24H28N4O2S. The van der Waals surface area contributed by atoms with E-state index in [2.05, 4.69) is 58.2 Å². The average Bonchev–Trinajstić information content (AvgIpc) is 3.27. The summed E-state index contributed by atoms with van der Waals surface area (Å²) >= 11 is 1.35. The Balaban J connectivity index is 1.38. The van der Waals surface area contributed by atoms with Gasteiger partial charge in [-0.3, -0.25) is 9.69 Å². The van der Waals surface area contributed by atoms with E-state index in [0.29, 0.717) is 27.4 Å². The van der Waals surface area contributed by atoms with Crippen LogP contribution in [0.2, 0.25) is 0 Å². The molecule has 0 amide bonds. The Morgan fingerprint density at radius 3 is 2.52 bits per heavy atom. The zero-order chi connectivity index (χ0) is 21.8. The van der Waals surface area contributed by atoms with E-state index in [1.165, 1.54) is 17.0 Å². The maximum absolute atomic E-state index is 12.7. The number of aromatic nitrogens is 1. The van der Waals surface area contributed by atoms with Crippen molar-refractivity contribution in [1.29, 1.82) is 0 Å². The predicted octanol–water partition coefficient (Wildman–Crippen LogP) is 4.66. The van der Waals surface area contributed by atoms with Crippen LogP contribution in [0.1, 0.15) is 29.1 Å². The Labute approximate surface area is 187 Å². The molecule has 7 heteroatoms. The first-order valence-electron chi connectivity index (χ1n) is 10.5. The molecule has 0 radical (unpaired) electrons. The number of carbonyl (C=O) groups is 1. The van der Waals surface area contributed by atoms with Gasteiger partial charge in [0, 0.05) is 49.2 Å². The minimum absolute atomic E-state index is 0.0552. The number of rotatable bonds is 7. The minimum Gasteiger partial charge on any atom is -0.497 e. The Morgan fingerprint density at radius 1 is 1.10 bits per heavy atom. The largest absolute Gasteiger partial charge is 0.497 e. The second-order valence-corrected chi connectivity index (χ2v) is 8.91. The fourth-order valence-electron chi connectivity index (χ4n) is 3.72. The van der Waals surface area contributed by atoms with Gasteiger partial charge in [-0.15, -0.1) is 0 Å². The SMILES string of the molecule is COc1cccc(C(=O)c2cnc(Nc3ccc(N4CCN(C(C)C)CC4)cc3)s2)c1. The van der Waals surface area contributed by atoms with Crippen molar-refractivity contribution in [3.8, 4) is 5.75 Å². The molecule has 0 bridgehead atoms. The van der Waals surface area contributed by atoms with E-state index in [1.807, 2.05) is 12.1 Å². The molecule has 3 aromatic rings. The van der Waals surface area contributed by atoms with E-state index < -0.39 is 0 Å². The van der Waals surface area contributed by atoms with Crippen LogP contribution in [0, 0.1) is 0 Å². The summed E-state index contributed by atoms with van der Waals surface area (Å²) in [4.78, 5) is 22.7. The van der Waals surface area contributed by atoms with Crippen molar-refractivity contribution >= 4 is 33.6 Å². The van der Waals surface area contributed by atoms with E-state index in [4.69, 9.17) is 4.74 Å². The molecule has 31 heavy (non-hydrogen) atoms. The number of nitrogens with zero attached hydrogens (tertiary/aromatic N) is 3. The highest BCUT2D eigenvalue weighted by Gasteiger charge is 2.19. The number of hydrogen-bond acceptors (Lipinski definition) is 7. The van der Waals surface area contributed by atoms with Gasteiger partial charge < -0.3 is 15.0 Å². The summed E-state index contributed by atoms with van der Waals surface area (Å²) < 4.78 is 5.21. The predicted molar refractivity (Wildman–Crippen MR) is 127 cm³/mol. The van der Waals surface area contributed by atoms with Gasteiger partial charge in [-0.1, -0.05) is 23.5 Å². The molecule has 0 saturated carbocycles. The third-order valence-electron chi connectivity index (χ3n) is 5.59. The highest BCUT2D eigenvalue weighted by molar-refractivity contribution is 7.17. The smallest absolute Gasteiger partial charge is 0.204 e. The number of carbonyl (C=O) groups excluding carboxylic acids is 1. The number of thiazole rings is 1. The monoisotopic (exact) mass is 436 g/mol. The summed E-state index contributed by atoms with van der Waals surface area (Å²) in [7, 11) is 1.59. The molecule has 1 aromatic heterocycles. The zero-order valence-electron chi connectivity index (χ0n) is 18.2. The highest BCUT2D eigenvalue weighted by atomic mass is 32.1. The van der Waals surface area contributed by atoms with Crippen molar-refractivity contribution in [3.05, 3.63) is 65.2 Å². The maximum atomic E-state index is 12.7. The van der Waals surface area contributed by atoms with Gasteiger partial charge in [0.1, 0.15) is 5.75 Å². The van der Waals surface area contributed by atoms with Crippen molar-refractivity contribution in [3.63, 3.8) is 0 Å². The third kappa shape index (κ3) is 5.06. The summed E-state index contributed by atoms with van der Waals surface area (Å²) in [5, 5.41) is 4.01. The van der Waals surface area contributed by atoms with Crippen LogP contribution in [0.3, 0.4) is 0 Å². The van der Waals surface area contributed by atoms with Crippen molar-refractivity contribution < 1.29 is 9.53 Å². The molecule has 1 fully saturated rings. The Morgan fingerprint density at radius 2 is 1.84 bits per heavy atom. The molecule has 0 atom stereocenters. The van der Waals surface area contributed by atoms with Gasteiger partial charge in [0.05, 0.1) is 18.2 Å². The fourth-order valence-corrected chi connectivity index (χ4v) is 4.52. The van der Waals surface area contributed by atoms with Crippen molar-refractivity contribution in [2.45, 2.75) is 19.9 Å². The van der Waals surface area contributed by atoms with Crippen LogP contribution in [0.4, 0.5) is 16.5 Å². The Hall–Kier alpha value is -2.90. The number of ether oxygens (including phenoxy) is 1. The number of ketones is 1. The molecule has 1 aliphatic heterocycles. The van der Waals surface area contributed by atoms with Crippen LogP contribution in [-0.2, 0) is 0 Å². The molecular weight excluding hydrogens is 408 g/mol. The lowest BCUT2D eigenvalue weighted by atomic mass is 10.1. The van der Waals surface area contributed by atoms with Crippen LogP contribution in [0.15, 0.2) is 54.7 Å². The normalized spacial score (nSPS) is 14.6. The fraction of sp³-hybridized carbons (Fsp3) is 0.333. The third-order valence-corrected chi connectivity index (χ3v) is 6.50. The molecule has 1 aliphatic rings. The summed E-state index contributed by atoms with van der Waals surface area (Å²) in [6.07, 6.45) is 1.62. The summed E-state index contributed by atoms with van der Waals surface area (Å²) in [5.41, 5.74) is 2.79. The first-order chi connectivity index (χ1) is 15.0. The van der Waals surface area contributed by atoms with Gasteiger partial charge >= 0.3 is 0 Å². The van der Waals surface area contributed by atoms with Crippen molar-refractivity contribution in [1.82, 2.24) is 9.88 Å². The summed E-state index contributed by atoms with van der Waals surface area (Å²) in [5.74, 6) is 0.611. The van der Waals surface area contributed by atoms with Gasteiger partial charge in [0.2, 0.25) is 5.78 Å². The van der Waals surface area contributed by atoms with Crippen LogP contribution in [-0.4, -0.2) is 55.0 Å².